The lowest BCUT2D eigenvalue weighted by atomic mass is 10.2. The Morgan fingerprint density at radius 1 is 0.968 bits per heavy atom. The summed E-state index contributed by atoms with van der Waals surface area (Å²) in [6, 6.07) is 8.15. The Balaban J connectivity index is 1.33. The van der Waals surface area contributed by atoms with Gasteiger partial charge in [0.1, 0.15) is 12.1 Å². The number of fused-ring (bicyclic) bond motifs is 1. The lowest BCUT2D eigenvalue weighted by Gasteiger charge is -2.36. The summed E-state index contributed by atoms with van der Waals surface area (Å²) in [6.07, 6.45) is 8.75. The Hall–Kier alpha value is -3.75. The van der Waals surface area contributed by atoms with Gasteiger partial charge in [0.05, 0.1) is 29.4 Å². The molecule has 0 bridgehead atoms. The standard InChI is InChI=1S/C22H24N8O/c1-16(2)31-22-18-12-17(4-5-19(18)24-15-25-22)28-8-10-29(11-9-28)20-13-23-14-21(27-20)30-7-3-6-26-30/h3-7,12-16H,8-11H2,1-2H3. The van der Waals surface area contributed by atoms with E-state index in [1.807, 2.05) is 38.4 Å². The van der Waals surface area contributed by atoms with Crippen molar-refractivity contribution >= 4 is 22.4 Å². The molecule has 0 unspecified atom stereocenters. The van der Waals surface area contributed by atoms with E-state index >= 15 is 0 Å². The van der Waals surface area contributed by atoms with Gasteiger partial charge in [0.25, 0.3) is 0 Å². The largest absolute Gasteiger partial charge is 0.474 e. The smallest absolute Gasteiger partial charge is 0.224 e. The number of rotatable bonds is 5. The molecule has 1 aliphatic heterocycles. The highest BCUT2D eigenvalue weighted by atomic mass is 16.5. The molecule has 0 amide bonds. The van der Waals surface area contributed by atoms with Gasteiger partial charge in [-0.05, 0) is 38.1 Å². The van der Waals surface area contributed by atoms with Gasteiger partial charge >= 0.3 is 0 Å². The molecule has 0 N–H and O–H groups in total. The molecular formula is C22H24N8O. The molecular weight excluding hydrogens is 392 g/mol. The van der Waals surface area contributed by atoms with Gasteiger partial charge in [0.2, 0.25) is 5.88 Å². The van der Waals surface area contributed by atoms with Crippen LogP contribution in [0.3, 0.4) is 0 Å². The van der Waals surface area contributed by atoms with Gasteiger partial charge in [0, 0.05) is 44.3 Å². The fourth-order valence-corrected chi connectivity index (χ4v) is 3.74. The summed E-state index contributed by atoms with van der Waals surface area (Å²) >= 11 is 0. The van der Waals surface area contributed by atoms with E-state index in [1.165, 1.54) is 0 Å². The average Bonchev–Trinajstić information content (AvgIpc) is 3.34. The normalized spacial score (nSPS) is 14.4. The summed E-state index contributed by atoms with van der Waals surface area (Å²) in [5.74, 6) is 2.22. The van der Waals surface area contributed by atoms with Crippen LogP contribution in [0.2, 0.25) is 0 Å². The maximum Gasteiger partial charge on any atom is 0.224 e. The quantitative estimate of drug-likeness (QED) is 0.491. The molecule has 0 saturated carbocycles. The summed E-state index contributed by atoms with van der Waals surface area (Å²) in [6.45, 7) is 7.48. The van der Waals surface area contributed by atoms with Crippen molar-refractivity contribution in [2.45, 2.75) is 20.0 Å². The van der Waals surface area contributed by atoms with E-state index in [4.69, 9.17) is 9.72 Å². The Labute approximate surface area is 180 Å². The Morgan fingerprint density at radius 2 is 1.77 bits per heavy atom. The first-order chi connectivity index (χ1) is 15.2. The highest BCUT2D eigenvalue weighted by molar-refractivity contribution is 5.86. The molecule has 0 aliphatic carbocycles. The highest BCUT2D eigenvalue weighted by Crippen LogP contribution is 2.28. The number of benzene rings is 1. The van der Waals surface area contributed by atoms with Crippen LogP contribution in [0.5, 0.6) is 5.88 Å². The first-order valence-corrected chi connectivity index (χ1v) is 10.4. The predicted molar refractivity (Wildman–Crippen MR) is 119 cm³/mol. The molecule has 0 spiro atoms. The summed E-state index contributed by atoms with van der Waals surface area (Å²) in [5, 5.41) is 5.18. The van der Waals surface area contributed by atoms with Crippen LogP contribution in [-0.2, 0) is 0 Å². The summed E-state index contributed by atoms with van der Waals surface area (Å²) in [5.41, 5.74) is 2.03. The predicted octanol–water partition coefficient (Wildman–Crippen LogP) is 2.72. The Kier molecular flexibility index (Phi) is 5.07. The molecule has 5 rings (SSSR count). The molecule has 3 aromatic heterocycles. The second kappa shape index (κ2) is 8.17. The molecule has 4 heterocycles. The summed E-state index contributed by atoms with van der Waals surface area (Å²) < 4.78 is 7.61. The molecule has 1 saturated heterocycles. The van der Waals surface area contributed by atoms with E-state index in [2.05, 4.69) is 42.0 Å². The number of aromatic nitrogens is 6. The third kappa shape index (κ3) is 3.98. The monoisotopic (exact) mass is 416 g/mol. The minimum absolute atomic E-state index is 0.0592. The summed E-state index contributed by atoms with van der Waals surface area (Å²) in [7, 11) is 0. The molecule has 1 fully saturated rings. The first-order valence-electron chi connectivity index (χ1n) is 10.4. The van der Waals surface area contributed by atoms with Gasteiger partial charge in [-0.3, -0.25) is 4.98 Å². The van der Waals surface area contributed by atoms with Crippen molar-refractivity contribution < 1.29 is 4.74 Å². The van der Waals surface area contributed by atoms with E-state index in [9.17, 15) is 0 Å². The Morgan fingerprint density at radius 3 is 2.55 bits per heavy atom. The van der Waals surface area contributed by atoms with Crippen LogP contribution in [-0.4, -0.2) is 62.0 Å². The van der Waals surface area contributed by atoms with Gasteiger partial charge in [-0.25, -0.2) is 19.6 Å². The zero-order valence-electron chi connectivity index (χ0n) is 17.6. The topological polar surface area (TPSA) is 85.1 Å². The summed E-state index contributed by atoms with van der Waals surface area (Å²) in [4.78, 5) is 22.4. The minimum atomic E-state index is 0.0592. The van der Waals surface area contributed by atoms with Crippen LogP contribution >= 0.6 is 0 Å². The van der Waals surface area contributed by atoms with Crippen LogP contribution in [0.1, 0.15) is 13.8 Å². The maximum atomic E-state index is 5.89. The van der Waals surface area contributed by atoms with Crippen molar-refractivity contribution in [3.8, 4) is 11.7 Å². The fourth-order valence-electron chi connectivity index (χ4n) is 3.74. The lowest BCUT2D eigenvalue weighted by Crippen LogP contribution is -2.47. The zero-order chi connectivity index (χ0) is 21.2. The first kappa shape index (κ1) is 19.2. The van der Waals surface area contributed by atoms with E-state index < -0.39 is 0 Å². The van der Waals surface area contributed by atoms with Crippen LogP contribution in [0.25, 0.3) is 16.7 Å². The molecule has 4 aromatic rings. The van der Waals surface area contributed by atoms with Crippen LogP contribution < -0.4 is 14.5 Å². The van der Waals surface area contributed by atoms with Crippen LogP contribution in [0, 0.1) is 0 Å². The van der Waals surface area contributed by atoms with E-state index in [0.29, 0.717) is 5.88 Å². The number of anilines is 2. The molecule has 9 nitrogen and oxygen atoms in total. The van der Waals surface area contributed by atoms with Gasteiger partial charge in [0.15, 0.2) is 5.82 Å². The fraction of sp³-hybridized carbons (Fsp3) is 0.318. The van der Waals surface area contributed by atoms with Crippen LogP contribution in [0.15, 0.2) is 55.4 Å². The number of ether oxygens (including phenoxy) is 1. The number of hydrogen-bond acceptors (Lipinski definition) is 8. The second-order valence-electron chi connectivity index (χ2n) is 7.71. The number of nitrogens with zero attached hydrogens (tertiary/aromatic N) is 8. The van der Waals surface area contributed by atoms with Crippen molar-refractivity contribution in [2.24, 2.45) is 0 Å². The number of hydrogen-bond donors (Lipinski definition) is 0. The van der Waals surface area contributed by atoms with Crippen LogP contribution in [0.4, 0.5) is 11.5 Å². The van der Waals surface area contributed by atoms with E-state index in [0.717, 1.165) is 54.4 Å². The third-order valence-electron chi connectivity index (χ3n) is 5.25. The second-order valence-corrected chi connectivity index (χ2v) is 7.71. The van der Waals surface area contributed by atoms with Crippen molar-refractivity contribution in [1.29, 1.82) is 0 Å². The average molecular weight is 416 g/mol. The molecule has 1 aliphatic rings. The minimum Gasteiger partial charge on any atom is -0.474 e. The van der Waals surface area contributed by atoms with Gasteiger partial charge < -0.3 is 14.5 Å². The van der Waals surface area contributed by atoms with Gasteiger partial charge in [-0.15, -0.1) is 0 Å². The molecule has 158 valence electrons. The van der Waals surface area contributed by atoms with E-state index in [1.54, 1.807) is 23.4 Å². The van der Waals surface area contributed by atoms with Crippen molar-refractivity contribution in [3.05, 3.63) is 55.4 Å². The third-order valence-corrected chi connectivity index (χ3v) is 5.25. The number of piperazine rings is 1. The van der Waals surface area contributed by atoms with Gasteiger partial charge in [-0.1, -0.05) is 0 Å². The molecule has 0 radical (unpaired) electrons. The highest BCUT2D eigenvalue weighted by Gasteiger charge is 2.20. The van der Waals surface area contributed by atoms with Crippen molar-refractivity contribution in [2.75, 3.05) is 36.0 Å². The molecule has 1 aromatic carbocycles. The molecule has 9 heteroatoms. The zero-order valence-corrected chi connectivity index (χ0v) is 17.6. The molecule has 31 heavy (non-hydrogen) atoms. The molecule has 0 atom stereocenters. The van der Waals surface area contributed by atoms with E-state index in [-0.39, 0.29) is 6.10 Å². The van der Waals surface area contributed by atoms with Crippen molar-refractivity contribution in [1.82, 2.24) is 29.7 Å². The maximum absolute atomic E-state index is 5.89. The van der Waals surface area contributed by atoms with Crippen molar-refractivity contribution in [3.63, 3.8) is 0 Å². The SMILES string of the molecule is CC(C)Oc1ncnc2ccc(N3CCN(c4cncc(-n5cccn5)n4)CC3)cc12. The Bertz CT molecular complexity index is 1170. The lowest BCUT2D eigenvalue weighted by molar-refractivity contribution is 0.235. The van der Waals surface area contributed by atoms with Gasteiger partial charge in [-0.2, -0.15) is 5.10 Å².